The third kappa shape index (κ3) is 5.74. The number of pyridine rings is 2. The van der Waals surface area contributed by atoms with Crippen LogP contribution in [-0.4, -0.2) is 38.6 Å². The van der Waals surface area contributed by atoms with Crippen LogP contribution < -0.4 is 20.1 Å². The van der Waals surface area contributed by atoms with E-state index < -0.39 is 26.6 Å². The van der Waals surface area contributed by atoms with Crippen LogP contribution in [0.25, 0.3) is 33.2 Å². The Morgan fingerprint density at radius 2 is 1.68 bits per heavy atom. The van der Waals surface area contributed by atoms with Gasteiger partial charge in [0.25, 0.3) is 10.0 Å². The van der Waals surface area contributed by atoms with E-state index in [-0.39, 0.29) is 11.6 Å². The number of hydrogen-bond acceptors (Lipinski definition) is 7. The van der Waals surface area contributed by atoms with Gasteiger partial charge in [-0.05, 0) is 91.4 Å². The normalized spacial score (nSPS) is 13.7. The summed E-state index contributed by atoms with van der Waals surface area (Å²) in [7, 11) is -3.08. The van der Waals surface area contributed by atoms with Crippen molar-refractivity contribution in [1.29, 1.82) is 0 Å². The summed E-state index contributed by atoms with van der Waals surface area (Å²) in [5.41, 5.74) is 12.6. The van der Waals surface area contributed by atoms with Crippen LogP contribution in [0.3, 0.4) is 0 Å². The van der Waals surface area contributed by atoms with Crippen molar-refractivity contribution in [1.82, 2.24) is 9.97 Å². The van der Waals surface area contributed by atoms with Gasteiger partial charge in [-0.15, -0.1) is 0 Å². The van der Waals surface area contributed by atoms with E-state index in [2.05, 4.69) is 44.7 Å². The lowest BCUT2D eigenvalue weighted by molar-refractivity contribution is 0.400. The van der Waals surface area contributed by atoms with Crippen molar-refractivity contribution in [2.24, 2.45) is 0 Å². The Morgan fingerprint density at radius 3 is 2.41 bits per heavy atom. The number of aromatic nitrogens is 2. The number of sulfonamides is 1. The quantitative estimate of drug-likeness (QED) is 0.204. The van der Waals surface area contributed by atoms with Crippen LogP contribution in [-0.2, 0) is 10.0 Å². The number of aryl methyl sites for hydroxylation is 1. The molecular formula is C33H31F2N5O3S. The predicted molar refractivity (Wildman–Crippen MR) is 169 cm³/mol. The Kier molecular flexibility index (Phi) is 7.81. The highest BCUT2D eigenvalue weighted by molar-refractivity contribution is 7.92. The summed E-state index contributed by atoms with van der Waals surface area (Å²) in [5, 5.41) is 0.829. The van der Waals surface area contributed by atoms with Crippen LogP contribution in [0.15, 0.2) is 77.8 Å². The first kappa shape index (κ1) is 29.3. The molecule has 0 saturated carbocycles. The first-order valence-electron chi connectivity index (χ1n) is 14.2. The monoisotopic (exact) mass is 615 g/mol. The average molecular weight is 616 g/mol. The van der Waals surface area contributed by atoms with Gasteiger partial charge in [0.2, 0.25) is 5.88 Å². The third-order valence-corrected chi connectivity index (χ3v) is 9.25. The molecule has 0 amide bonds. The van der Waals surface area contributed by atoms with Crippen molar-refractivity contribution in [3.63, 3.8) is 0 Å². The maximum atomic E-state index is 14.3. The van der Waals surface area contributed by atoms with Crippen molar-refractivity contribution in [2.45, 2.75) is 31.1 Å². The highest BCUT2D eigenvalue weighted by Crippen LogP contribution is 2.35. The number of benzene rings is 3. The number of nitrogens with zero attached hydrogens (tertiary/aromatic N) is 3. The Balaban J connectivity index is 1.34. The number of hydrogen-bond donors (Lipinski definition) is 2. The number of fused-ring (bicyclic) bond motifs is 1. The molecule has 8 nitrogen and oxygen atoms in total. The molecule has 0 bridgehead atoms. The van der Waals surface area contributed by atoms with Crippen LogP contribution in [0.4, 0.5) is 26.0 Å². The summed E-state index contributed by atoms with van der Waals surface area (Å²) < 4.78 is 61.2. The lowest BCUT2D eigenvalue weighted by Gasteiger charge is -2.30. The van der Waals surface area contributed by atoms with Crippen LogP contribution in [0, 0.1) is 18.6 Å². The smallest absolute Gasteiger partial charge is 0.264 e. The average Bonchev–Trinajstić information content (AvgIpc) is 3.00. The van der Waals surface area contributed by atoms with Gasteiger partial charge in [0.1, 0.15) is 28.0 Å². The lowest BCUT2D eigenvalue weighted by atomic mass is 9.98. The van der Waals surface area contributed by atoms with Gasteiger partial charge in [0.05, 0.1) is 12.6 Å². The van der Waals surface area contributed by atoms with E-state index in [1.807, 2.05) is 24.3 Å². The zero-order valence-electron chi connectivity index (χ0n) is 24.3. The van der Waals surface area contributed by atoms with Crippen LogP contribution >= 0.6 is 0 Å². The third-order valence-electron chi connectivity index (χ3n) is 7.85. The Labute approximate surface area is 254 Å². The first-order chi connectivity index (χ1) is 21.1. The number of rotatable bonds is 7. The molecule has 5 aromatic rings. The second kappa shape index (κ2) is 11.7. The largest absolute Gasteiger partial charge is 0.480 e. The van der Waals surface area contributed by atoms with Gasteiger partial charge in [-0.3, -0.25) is 4.72 Å². The zero-order chi connectivity index (χ0) is 31.0. The van der Waals surface area contributed by atoms with Crippen molar-refractivity contribution in [3.05, 3.63) is 90.1 Å². The van der Waals surface area contributed by atoms with E-state index in [0.717, 1.165) is 47.3 Å². The standard InChI is InChI=1S/C33H31F2N5O3S/c1-20-14-22(7-10-30(20)40-12-4-3-5-13-40)26-16-23-15-21(6-9-28(23)38-32(26)36)24-17-29(33(43-2)37-19-24)39-44(41,42)31-11-8-25(34)18-27(31)35/h6-11,14-19,39H,3-5,12-13H2,1-2H3,(H2,36,38). The highest BCUT2D eigenvalue weighted by Gasteiger charge is 2.22. The minimum absolute atomic E-state index is 0.00536. The van der Waals surface area contributed by atoms with Crippen LogP contribution in [0.2, 0.25) is 0 Å². The summed E-state index contributed by atoms with van der Waals surface area (Å²) in [5.74, 6) is -1.69. The Hall–Kier alpha value is -4.77. The van der Waals surface area contributed by atoms with Gasteiger partial charge in [-0.2, -0.15) is 0 Å². The molecule has 0 spiro atoms. The van der Waals surface area contributed by atoms with Gasteiger partial charge in [-0.1, -0.05) is 12.1 Å². The molecule has 1 aliphatic heterocycles. The molecule has 44 heavy (non-hydrogen) atoms. The van der Waals surface area contributed by atoms with Gasteiger partial charge in [0.15, 0.2) is 0 Å². The molecule has 0 aliphatic carbocycles. The molecule has 6 rings (SSSR count). The molecular weight excluding hydrogens is 584 g/mol. The fourth-order valence-corrected chi connectivity index (χ4v) is 6.76. The maximum Gasteiger partial charge on any atom is 0.264 e. The van der Waals surface area contributed by atoms with E-state index in [0.29, 0.717) is 23.0 Å². The van der Waals surface area contributed by atoms with Gasteiger partial charge in [-0.25, -0.2) is 27.2 Å². The summed E-state index contributed by atoms with van der Waals surface area (Å²) in [6.45, 7) is 4.24. The van der Waals surface area contributed by atoms with E-state index in [9.17, 15) is 17.2 Å². The van der Waals surface area contributed by atoms with Crippen molar-refractivity contribution < 1.29 is 21.9 Å². The zero-order valence-corrected chi connectivity index (χ0v) is 25.1. The van der Waals surface area contributed by atoms with Gasteiger partial charge < -0.3 is 15.4 Å². The first-order valence-corrected chi connectivity index (χ1v) is 15.7. The van der Waals surface area contributed by atoms with Gasteiger partial charge >= 0.3 is 0 Å². The molecule has 3 aromatic carbocycles. The number of nitrogen functional groups attached to an aromatic ring is 1. The summed E-state index contributed by atoms with van der Waals surface area (Å²) in [4.78, 5) is 10.6. The summed E-state index contributed by atoms with van der Waals surface area (Å²) >= 11 is 0. The molecule has 11 heteroatoms. The number of halogens is 2. The van der Waals surface area contributed by atoms with E-state index in [4.69, 9.17) is 10.5 Å². The number of piperidine rings is 1. The van der Waals surface area contributed by atoms with Crippen molar-refractivity contribution in [3.8, 4) is 28.1 Å². The molecule has 1 saturated heterocycles. The minimum atomic E-state index is -4.42. The SMILES string of the molecule is COc1ncc(-c2ccc3nc(N)c(-c4ccc(N5CCCCC5)c(C)c4)cc3c2)cc1NS(=O)(=O)c1ccc(F)cc1F. The fraction of sp³-hybridized carbons (Fsp3) is 0.212. The van der Waals surface area contributed by atoms with Gasteiger partial charge in [0, 0.05) is 47.6 Å². The number of methoxy groups -OCH3 is 1. The van der Waals surface area contributed by atoms with Crippen LogP contribution in [0.5, 0.6) is 5.88 Å². The highest BCUT2D eigenvalue weighted by atomic mass is 32.2. The Morgan fingerprint density at radius 1 is 0.909 bits per heavy atom. The molecule has 2 aromatic heterocycles. The second-order valence-electron chi connectivity index (χ2n) is 10.8. The minimum Gasteiger partial charge on any atom is -0.480 e. The molecule has 0 radical (unpaired) electrons. The molecule has 1 aliphatic rings. The number of nitrogens with one attached hydrogen (secondary N) is 1. The number of nitrogens with two attached hydrogens (primary N) is 1. The Bertz CT molecular complexity index is 2000. The molecule has 3 heterocycles. The number of anilines is 3. The number of ether oxygens (including phenoxy) is 1. The van der Waals surface area contributed by atoms with E-state index in [1.54, 1.807) is 12.3 Å². The molecule has 226 valence electrons. The summed E-state index contributed by atoms with van der Waals surface area (Å²) in [6, 6.07) is 17.7. The molecule has 0 unspecified atom stereocenters. The molecule has 1 fully saturated rings. The lowest BCUT2D eigenvalue weighted by Crippen LogP contribution is -2.29. The van der Waals surface area contributed by atoms with Crippen molar-refractivity contribution in [2.75, 3.05) is 35.6 Å². The molecule has 3 N–H and O–H groups in total. The fourth-order valence-electron chi connectivity index (χ4n) is 5.65. The van der Waals surface area contributed by atoms with Crippen LogP contribution in [0.1, 0.15) is 24.8 Å². The van der Waals surface area contributed by atoms with E-state index >= 15 is 0 Å². The van der Waals surface area contributed by atoms with Crippen molar-refractivity contribution >= 4 is 38.1 Å². The van der Waals surface area contributed by atoms with E-state index in [1.165, 1.54) is 37.6 Å². The topological polar surface area (TPSA) is 110 Å². The predicted octanol–water partition coefficient (Wildman–Crippen LogP) is 6.93. The second-order valence-corrected chi connectivity index (χ2v) is 12.5. The maximum absolute atomic E-state index is 14.3. The molecule has 0 atom stereocenters. The summed E-state index contributed by atoms with van der Waals surface area (Å²) in [6.07, 6.45) is 5.23.